The first-order valence-corrected chi connectivity index (χ1v) is 7.23. The molecule has 0 fully saturated rings. The summed E-state index contributed by atoms with van der Waals surface area (Å²) in [6.07, 6.45) is -0.528. The lowest BCUT2D eigenvalue weighted by molar-refractivity contribution is -0.137. The number of nitrogens with zero attached hydrogens (tertiary/aromatic N) is 1. The quantitative estimate of drug-likeness (QED) is 0.919. The van der Waals surface area contributed by atoms with Gasteiger partial charge >= 0.3 is 0 Å². The van der Waals surface area contributed by atoms with Gasteiger partial charge in [0.15, 0.2) is 6.10 Å². The van der Waals surface area contributed by atoms with E-state index in [1.54, 1.807) is 24.0 Å². The second kappa shape index (κ2) is 6.48. The fourth-order valence-corrected chi connectivity index (χ4v) is 2.33. The van der Waals surface area contributed by atoms with Crippen molar-refractivity contribution in [3.05, 3.63) is 36.4 Å². The fourth-order valence-electron chi connectivity index (χ4n) is 2.33. The standard InChI is InChI=1S/C17H21NO3/c1-4-18(5-2)17(20)12(3)21-16-9-7-13-6-8-15(19)10-14(13)11-16/h6-12,19H,4-5H2,1-3H3. The van der Waals surface area contributed by atoms with E-state index in [2.05, 4.69) is 0 Å². The molecule has 0 spiro atoms. The number of fused-ring (bicyclic) bond motifs is 1. The zero-order chi connectivity index (χ0) is 15.4. The second-order valence-corrected chi connectivity index (χ2v) is 4.96. The molecule has 2 rings (SSSR count). The van der Waals surface area contributed by atoms with Crippen LogP contribution in [0.5, 0.6) is 11.5 Å². The van der Waals surface area contributed by atoms with Crippen LogP contribution in [0.15, 0.2) is 36.4 Å². The number of hydrogen-bond donors (Lipinski definition) is 1. The highest BCUT2D eigenvalue weighted by Crippen LogP contribution is 2.25. The van der Waals surface area contributed by atoms with Gasteiger partial charge in [-0.05, 0) is 55.8 Å². The number of phenols is 1. The molecule has 0 bridgehead atoms. The van der Waals surface area contributed by atoms with Crippen molar-refractivity contribution in [3.8, 4) is 11.5 Å². The predicted molar refractivity (Wildman–Crippen MR) is 83.6 cm³/mol. The zero-order valence-corrected chi connectivity index (χ0v) is 12.7. The average molecular weight is 287 g/mol. The molecular formula is C17H21NO3. The lowest BCUT2D eigenvalue weighted by atomic mass is 10.1. The Balaban J connectivity index is 2.17. The van der Waals surface area contributed by atoms with E-state index in [1.807, 2.05) is 38.1 Å². The number of amides is 1. The summed E-state index contributed by atoms with van der Waals surface area (Å²) in [5.41, 5.74) is 0. The average Bonchev–Trinajstić information content (AvgIpc) is 2.47. The number of likely N-dealkylation sites (N-methyl/N-ethyl adjacent to an activating group) is 1. The molecule has 4 nitrogen and oxygen atoms in total. The van der Waals surface area contributed by atoms with Crippen LogP contribution in [0.1, 0.15) is 20.8 Å². The highest BCUT2D eigenvalue weighted by Gasteiger charge is 2.19. The van der Waals surface area contributed by atoms with Crippen LogP contribution in [0.3, 0.4) is 0 Å². The van der Waals surface area contributed by atoms with Gasteiger partial charge < -0.3 is 14.7 Å². The molecule has 0 saturated carbocycles. The van der Waals surface area contributed by atoms with Gasteiger partial charge in [0.1, 0.15) is 11.5 Å². The molecule has 0 radical (unpaired) electrons. The van der Waals surface area contributed by atoms with E-state index in [-0.39, 0.29) is 11.7 Å². The van der Waals surface area contributed by atoms with Gasteiger partial charge in [-0.15, -0.1) is 0 Å². The molecule has 112 valence electrons. The minimum absolute atomic E-state index is 0.0176. The highest BCUT2D eigenvalue weighted by atomic mass is 16.5. The van der Waals surface area contributed by atoms with Gasteiger partial charge in [-0.3, -0.25) is 4.79 Å². The Hall–Kier alpha value is -2.23. The molecule has 0 saturated heterocycles. The first-order valence-electron chi connectivity index (χ1n) is 7.23. The van der Waals surface area contributed by atoms with Crippen molar-refractivity contribution in [2.24, 2.45) is 0 Å². The minimum atomic E-state index is -0.528. The van der Waals surface area contributed by atoms with Crippen molar-refractivity contribution in [2.75, 3.05) is 13.1 Å². The third-order valence-electron chi connectivity index (χ3n) is 3.53. The molecule has 1 atom stereocenters. The zero-order valence-electron chi connectivity index (χ0n) is 12.7. The van der Waals surface area contributed by atoms with Crippen molar-refractivity contribution in [3.63, 3.8) is 0 Å². The van der Waals surface area contributed by atoms with E-state index < -0.39 is 6.10 Å². The molecule has 4 heteroatoms. The van der Waals surface area contributed by atoms with Crippen molar-refractivity contribution < 1.29 is 14.6 Å². The molecule has 2 aromatic carbocycles. The number of carbonyl (C=O) groups is 1. The predicted octanol–water partition coefficient (Wildman–Crippen LogP) is 3.18. The van der Waals surface area contributed by atoms with Crippen LogP contribution in [0, 0.1) is 0 Å². The number of carbonyl (C=O) groups excluding carboxylic acids is 1. The van der Waals surface area contributed by atoms with Crippen LogP contribution < -0.4 is 4.74 Å². The highest BCUT2D eigenvalue weighted by molar-refractivity contribution is 5.85. The SMILES string of the molecule is CCN(CC)C(=O)C(C)Oc1ccc2ccc(O)cc2c1. The first kappa shape index (κ1) is 15.2. The van der Waals surface area contributed by atoms with Crippen LogP contribution in [-0.4, -0.2) is 35.1 Å². The molecule has 0 aliphatic heterocycles. The molecule has 0 aromatic heterocycles. The molecule has 1 unspecified atom stereocenters. The van der Waals surface area contributed by atoms with Gasteiger partial charge in [0, 0.05) is 13.1 Å². The van der Waals surface area contributed by atoms with E-state index in [9.17, 15) is 9.90 Å². The van der Waals surface area contributed by atoms with Gasteiger partial charge in [-0.25, -0.2) is 0 Å². The Bertz CT molecular complexity index is 635. The topological polar surface area (TPSA) is 49.8 Å². The minimum Gasteiger partial charge on any atom is -0.508 e. The molecule has 1 N–H and O–H groups in total. The molecule has 2 aromatic rings. The summed E-state index contributed by atoms with van der Waals surface area (Å²) >= 11 is 0. The second-order valence-electron chi connectivity index (χ2n) is 4.96. The lowest BCUT2D eigenvalue weighted by Gasteiger charge is -2.23. The maximum atomic E-state index is 12.2. The number of ether oxygens (including phenoxy) is 1. The van der Waals surface area contributed by atoms with E-state index in [1.165, 1.54) is 0 Å². The summed E-state index contributed by atoms with van der Waals surface area (Å²) in [7, 11) is 0. The maximum absolute atomic E-state index is 12.2. The normalized spacial score (nSPS) is 12.1. The number of benzene rings is 2. The van der Waals surface area contributed by atoms with E-state index in [4.69, 9.17) is 4.74 Å². The Morgan fingerprint density at radius 2 is 1.81 bits per heavy atom. The van der Waals surface area contributed by atoms with Crippen molar-refractivity contribution in [1.29, 1.82) is 0 Å². The van der Waals surface area contributed by atoms with E-state index >= 15 is 0 Å². The smallest absolute Gasteiger partial charge is 0.263 e. The van der Waals surface area contributed by atoms with E-state index in [0.29, 0.717) is 18.8 Å². The van der Waals surface area contributed by atoms with Gasteiger partial charge in [-0.2, -0.15) is 0 Å². The molecule has 0 aliphatic rings. The van der Waals surface area contributed by atoms with Crippen LogP contribution in [0.4, 0.5) is 0 Å². The summed E-state index contributed by atoms with van der Waals surface area (Å²) in [6.45, 7) is 7.01. The fraction of sp³-hybridized carbons (Fsp3) is 0.353. The van der Waals surface area contributed by atoms with Gasteiger partial charge in [0.25, 0.3) is 5.91 Å². The maximum Gasteiger partial charge on any atom is 0.263 e. The van der Waals surface area contributed by atoms with Crippen molar-refractivity contribution >= 4 is 16.7 Å². The van der Waals surface area contributed by atoms with Crippen molar-refractivity contribution in [1.82, 2.24) is 4.90 Å². The Morgan fingerprint density at radius 3 is 2.48 bits per heavy atom. The van der Waals surface area contributed by atoms with Crippen molar-refractivity contribution in [2.45, 2.75) is 26.9 Å². The summed E-state index contributed by atoms with van der Waals surface area (Å²) in [5, 5.41) is 11.4. The van der Waals surface area contributed by atoms with Crippen LogP contribution in [-0.2, 0) is 4.79 Å². The van der Waals surface area contributed by atoms with Crippen LogP contribution >= 0.6 is 0 Å². The summed E-state index contributed by atoms with van der Waals surface area (Å²) in [4.78, 5) is 13.9. The molecular weight excluding hydrogens is 266 g/mol. The number of phenolic OH excluding ortho intramolecular Hbond substituents is 1. The van der Waals surface area contributed by atoms with Crippen LogP contribution in [0.2, 0.25) is 0 Å². The van der Waals surface area contributed by atoms with E-state index in [0.717, 1.165) is 10.8 Å². The molecule has 0 heterocycles. The third kappa shape index (κ3) is 3.45. The Labute approximate surface area is 124 Å². The van der Waals surface area contributed by atoms with Gasteiger partial charge in [0.05, 0.1) is 0 Å². The number of rotatable bonds is 5. The Kier molecular flexibility index (Phi) is 4.68. The monoisotopic (exact) mass is 287 g/mol. The van der Waals surface area contributed by atoms with Gasteiger partial charge in [0.2, 0.25) is 0 Å². The molecule has 1 amide bonds. The summed E-state index contributed by atoms with van der Waals surface area (Å²) < 4.78 is 5.74. The molecule has 0 aliphatic carbocycles. The summed E-state index contributed by atoms with van der Waals surface area (Å²) in [5.74, 6) is 0.823. The lowest BCUT2D eigenvalue weighted by Crippen LogP contribution is -2.40. The Morgan fingerprint density at radius 1 is 1.14 bits per heavy atom. The first-order chi connectivity index (χ1) is 10.0. The molecule has 21 heavy (non-hydrogen) atoms. The van der Waals surface area contributed by atoms with Crippen LogP contribution in [0.25, 0.3) is 10.8 Å². The largest absolute Gasteiger partial charge is 0.508 e. The van der Waals surface area contributed by atoms with Gasteiger partial charge in [-0.1, -0.05) is 12.1 Å². The summed E-state index contributed by atoms with van der Waals surface area (Å²) in [6, 6.07) is 10.8. The number of hydrogen-bond acceptors (Lipinski definition) is 3. The third-order valence-corrected chi connectivity index (χ3v) is 3.53. The number of aromatic hydroxyl groups is 1.